The zero-order chi connectivity index (χ0) is 11.8. The SMILES string of the molecule is N#Cc1c(N)ccc2cc3ccccc3cc12. The molecule has 2 heteroatoms. The molecule has 3 aromatic carbocycles. The van der Waals surface area contributed by atoms with Crippen molar-refractivity contribution in [1.29, 1.82) is 5.26 Å². The predicted octanol–water partition coefficient (Wildman–Crippen LogP) is 3.45. The van der Waals surface area contributed by atoms with Gasteiger partial charge in [-0.15, -0.1) is 0 Å². The topological polar surface area (TPSA) is 49.8 Å². The molecule has 0 atom stereocenters. The summed E-state index contributed by atoms with van der Waals surface area (Å²) in [6.07, 6.45) is 0. The van der Waals surface area contributed by atoms with E-state index in [1.807, 2.05) is 30.3 Å². The van der Waals surface area contributed by atoms with Crippen LogP contribution in [0.3, 0.4) is 0 Å². The number of anilines is 1. The highest BCUT2D eigenvalue weighted by Crippen LogP contribution is 2.28. The second kappa shape index (κ2) is 3.50. The van der Waals surface area contributed by atoms with Crippen LogP contribution in [0.1, 0.15) is 5.56 Å². The number of nitrogens with two attached hydrogens (primary N) is 1. The van der Waals surface area contributed by atoms with Gasteiger partial charge in [-0.05, 0) is 34.4 Å². The Bertz CT molecular complexity index is 767. The van der Waals surface area contributed by atoms with Gasteiger partial charge in [-0.25, -0.2) is 0 Å². The number of benzene rings is 3. The van der Waals surface area contributed by atoms with E-state index in [9.17, 15) is 0 Å². The molecule has 0 amide bonds. The van der Waals surface area contributed by atoms with Crippen LogP contribution in [0.25, 0.3) is 21.5 Å². The maximum Gasteiger partial charge on any atom is 0.102 e. The first-order valence-electron chi connectivity index (χ1n) is 5.41. The lowest BCUT2D eigenvalue weighted by Gasteiger charge is -2.05. The number of hydrogen-bond donors (Lipinski definition) is 1. The maximum atomic E-state index is 9.16. The predicted molar refractivity (Wildman–Crippen MR) is 70.6 cm³/mol. The van der Waals surface area contributed by atoms with Crippen molar-refractivity contribution in [1.82, 2.24) is 0 Å². The quantitative estimate of drug-likeness (QED) is 0.464. The fourth-order valence-electron chi connectivity index (χ4n) is 2.16. The second-order valence-electron chi connectivity index (χ2n) is 4.06. The van der Waals surface area contributed by atoms with Crippen LogP contribution < -0.4 is 5.73 Å². The van der Waals surface area contributed by atoms with E-state index in [4.69, 9.17) is 11.0 Å². The van der Waals surface area contributed by atoms with Crippen LogP contribution >= 0.6 is 0 Å². The van der Waals surface area contributed by atoms with Gasteiger partial charge in [-0.2, -0.15) is 5.26 Å². The Labute approximate surface area is 98.9 Å². The Balaban J connectivity index is 2.53. The number of nitrogens with zero attached hydrogens (tertiary/aromatic N) is 1. The van der Waals surface area contributed by atoms with Crippen molar-refractivity contribution in [3.63, 3.8) is 0 Å². The number of hydrogen-bond acceptors (Lipinski definition) is 2. The normalized spacial score (nSPS) is 10.5. The minimum atomic E-state index is 0.537. The van der Waals surface area contributed by atoms with Gasteiger partial charge in [-0.1, -0.05) is 30.3 Å². The van der Waals surface area contributed by atoms with Gasteiger partial charge >= 0.3 is 0 Å². The average Bonchev–Trinajstić information content (AvgIpc) is 2.36. The van der Waals surface area contributed by atoms with Gasteiger partial charge < -0.3 is 5.73 Å². The smallest absolute Gasteiger partial charge is 0.102 e. The van der Waals surface area contributed by atoms with Crippen LogP contribution in [-0.2, 0) is 0 Å². The summed E-state index contributed by atoms with van der Waals surface area (Å²) in [6, 6.07) is 18.1. The van der Waals surface area contributed by atoms with E-state index in [-0.39, 0.29) is 0 Å². The van der Waals surface area contributed by atoms with Crippen LogP contribution in [0, 0.1) is 11.3 Å². The molecule has 0 heterocycles. The molecule has 0 bridgehead atoms. The Morgan fingerprint density at radius 2 is 1.59 bits per heavy atom. The molecular weight excluding hydrogens is 208 g/mol. The molecule has 0 saturated carbocycles. The van der Waals surface area contributed by atoms with Crippen LogP contribution in [-0.4, -0.2) is 0 Å². The Hall–Kier alpha value is -2.53. The Morgan fingerprint density at radius 1 is 0.882 bits per heavy atom. The lowest BCUT2D eigenvalue weighted by atomic mass is 9.99. The van der Waals surface area contributed by atoms with Gasteiger partial charge in [-0.3, -0.25) is 0 Å². The van der Waals surface area contributed by atoms with Gasteiger partial charge in [0.1, 0.15) is 6.07 Å². The average molecular weight is 218 g/mol. The van der Waals surface area contributed by atoms with Crippen molar-refractivity contribution in [3.8, 4) is 6.07 Å². The molecule has 0 aromatic heterocycles. The number of nitrogen functional groups attached to an aromatic ring is 1. The van der Waals surface area contributed by atoms with Crippen LogP contribution in [0.5, 0.6) is 0 Å². The van der Waals surface area contributed by atoms with Crippen molar-refractivity contribution in [2.75, 3.05) is 5.73 Å². The zero-order valence-corrected chi connectivity index (χ0v) is 9.14. The summed E-state index contributed by atoms with van der Waals surface area (Å²) in [5.41, 5.74) is 6.92. The van der Waals surface area contributed by atoms with E-state index in [1.165, 1.54) is 5.39 Å². The van der Waals surface area contributed by atoms with Gasteiger partial charge in [0, 0.05) is 5.39 Å². The molecular formula is C15H10N2. The minimum absolute atomic E-state index is 0.537. The van der Waals surface area contributed by atoms with Crippen molar-refractivity contribution >= 4 is 27.2 Å². The van der Waals surface area contributed by atoms with Gasteiger partial charge in [0.15, 0.2) is 0 Å². The molecule has 0 aliphatic carbocycles. The highest BCUT2D eigenvalue weighted by molar-refractivity contribution is 6.02. The van der Waals surface area contributed by atoms with E-state index >= 15 is 0 Å². The van der Waals surface area contributed by atoms with Crippen LogP contribution in [0.15, 0.2) is 48.5 Å². The van der Waals surface area contributed by atoms with Gasteiger partial charge in [0.2, 0.25) is 0 Å². The third kappa shape index (κ3) is 1.41. The molecule has 0 unspecified atom stereocenters. The molecule has 3 rings (SSSR count). The summed E-state index contributed by atoms with van der Waals surface area (Å²) in [5, 5.41) is 13.4. The van der Waals surface area contributed by atoms with Crippen molar-refractivity contribution in [2.45, 2.75) is 0 Å². The highest BCUT2D eigenvalue weighted by atomic mass is 14.6. The van der Waals surface area contributed by atoms with E-state index in [0.29, 0.717) is 11.3 Å². The highest BCUT2D eigenvalue weighted by Gasteiger charge is 2.05. The third-order valence-electron chi connectivity index (χ3n) is 3.03. The zero-order valence-electron chi connectivity index (χ0n) is 9.14. The van der Waals surface area contributed by atoms with Crippen LogP contribution in [0.4, 0.5) is 5.69 Å². The summed E-state index contributed by atoms with van der Waals surface area (Å²) >= 11 is 0. The van der Waals surface area contributed by atoms with Crippen molar-refractivity contribution in [3.05, 3.63) is 54.1 Å². The lowest BCUT2D eigenvalue weighted by Crippen LogP contribution is -1.91. The number of fused-ring (bicyclic) bond motifs is 2. The van der Waals surface area contributed by atoms with E-state index in [0.717, 1.165) is 16.2 Å². The fraction of sp³-hybridized carbons (Fsp3) is 0. The Morgan fingerprint density at radius 3 is 2.29 bits per heavy atom. The van der Waals surface area contributed by atoms with Gasteiger partial charge in [0.05, 0.1) is 11.3 Å². The standard InChI is InChI=1S/C15H10N2/c16-9-14-13-8-11-4-2-1-3-10(11)7-12(13)5-6-15(14)17/h1-8H,17H2. The summed E-state index contributed by atoms with van der Waals surface area (Å²) < 4.78 is 0. The van der Waals surface area contributed by atoms with Crippen LogP contribution in [0.2, 0.25) is 0 Å². The molecule has 0 aliphatic heterocycles. The first-order chi connectivity index (χ1) is 8.29. The van der Waals surface area contributed by atoms with Crippen molar-refractivity contribution < 1.29 is 0 Å². The molecule has 0 spiro atoms. The molecule has 17 heavy (non-hydrogen) atoms. The largest absolute Gasteiger partial charge is 0.398 e. The van der Waals surface area contributed by atoms with Gasteiger partial charge in [0.25, 0.3) is 0 Å². The summed E-state index contributed by atoms with van der Waals surface area (Å²) in [5.74, 6) is 0. The lowest BCUT2D eigenvalue weighted by molar-refractivity contribution is 1.50. The first kappa shape index (κ1) is 9.68. The summed E-state index contributed by atoms with van der Waals surface area (Å²) in [4.78, 5) is 0. The molecule has 3 aromatic rings. The molecule has 2 nitrogen and oxygen atoms in total. The second-order valence-corrected chi connectivity index (χ2v) is 4.06. The third-order valence-corrected chi connectivity index (χ3v) is 3.03. The monoisotopic (exact) mass is 218 g/mol. The molecule has 0 aliphatic rings. The molecule has 2 N–H and O–H groups in total. The first-order valence-corrected chi connectivity index (χ1v) is 5.41. The molecule has 80 valence electrons. The Kier molecular flexibility index (Phi) is 1.99. The fourth-order valence-corrected chi connectivity index (χ4v) is 2.16. The van der Waals surface area contributed by atoms with Crippen molar-refractivity contribution in [2.24, 2.45) is 0 Å². The molecule has 0 fully saturated rings. The van der Waals surface area contributed by atoms with E-state index in [2.05, 4.69) is 18.2 Å². The summed E-state index contributed by atoms with van der Waals surface area (Å²) in [7, 11) is 0. The summed E-state index contributed by atoms with van der Waals surface area (Å²) in [6.45, 7) is 0. The minimum Gasteiger partial charge on any atom is -0.398 e. The molecule has 0 saturated heterocycles. The molecule has 0 radical (unpaired) electrons. The maximum absolute atomic E-state index is 9.16. The van der Waals surface area contributed by atoms with E-state index < -0.39 is 0 Å². The number of nitriles is 1. The number of rotatable bonds is 0. The van der Waals surface area contributed by atoms with E-state index in [1.54, 1.807) is 6.07 Å².